The van der Waals surface area contributed by atoms with Crippen LogP contribution in [0, 0.1) is 5.82 Å². The number of ether oxygens (including phenoxy) is 1. The molecule has 1 aromatic heterocycles. The van der Waals surface area contributed by atoms with Crippen molar-refractivity contribution in [2.45, 2.75) is 19.5 Å². The number of aromatic nitrogens is 1. The predicted octanol–water partition coefficient (Wildman–Crippen LogP) is 2.84. The van der Waals surface area contributed by atoms with Crippen molar-refractivity contribution in [1.82, 2.24) is 9.47 Å². The Labute approximate surface area is 144 Å². The smallest absolute Gasteiger partial charge is 0.419 e. The highest BCUT2D eigenvalue weighted by molar-refractivity contribution is 5.73. The third-order valence-corrected chi connectivity index (χ3v) is 4.83. The lowest BCUT2D eigenvalue weighted by Crippen LogP contribution is -2.30. The monoisotopic (exact) mass is 342 g/mol. The van der Waals surface area contributed by atoms with Crippen LogP contribution in [-0.4, -0.2) is 23.1 Å². The molecule has 0 aliphatic carbocycles. The molecule has 0 saturated carbocycles. The predicted molar refractivity (Wildman–Crippen MR) is 92.2 cm³/mol. The summed E-state index contributed by atoms with van der Waals surface area (Å²) in [6.07, 6.45) is 0.856. The van der Waals surface area contributed by atoms with Crippen molar-refractivity contribution >= 4 is 11.1 Å². The van der Waals surface area contributed by atoms with Gasteiger partial charge in [0, 0.05) is 26.7 Å². The van der Waals surface area contributed by atoms with Crippen LogP contribution < -0.4 is 10.5 Å². The number of halogens is 1. The van der Waals surface area contributed by atoms with Crippen LogP contribution in [0.5, 0.6) is 5.75 Å². The van der Waals surface area contributed by atoms with Crippen LogP contribution in [0.2, 0.25) is 0 Å². The number of benzene rings is 2. The molecule has 0 saturated heterocycles. The standard InChI is InChI=1S/C19H19FN2O3/c1-21-16-4-3-12(7-18(16)25-19(21)23)10-22-6-5-13-9-17(24-2)15(20)8-14(13)11-22/h3-4,7-9H,5-6,10-11H2,1-2H3. The summed E-state index contributed by atoms with van der Waals surface area (Å²) >= 11 is 0. The van der Waals surface area contributed by atoms with E-state index in [2.05, 4.69) is 4.90 Å². The molecule has 0 fully saturated rings. The fraction of sp³-hybridized carbons (Fsp3) is 0.316. The molecule has 1 aliphatic rings. The lowest BCUT2D eigenvalue weighted by atomic mass is 9.98. The Hall–Kier alpha value is -2.60. The summed E-state index contributed by atoms with van der Waals surface area (Å²) in [6.45, 7) is 2.30. The largest absolute Gasteiger partial charge is 0.494 e. The van der Waals surface area contributed by atoms with Crippen molar-refractivity contribution in [2.75, 3.05) is 13.7 Å². The van der Waals surface area contributed by atoms with Gasteiger partial charge >= 0.3 is 5.76 Å². The van der Waals surface area contributed by atoms with E-state index >= 15 is 0 Å². The summed E-state index contributed by atoms with van der Waals surface area (Å²) in [4.78, 5) is 13.9. The van der Waals surface area contributed by atoms with E-state index in [0.29, 0.717) is 17.9 Å². The Morgan fingerprint density at radius 1 is 1.24 bits per heavy atom. The maximum absolute atomic E-state index is 14.0. The molecule has 1 aliphatic heterocycles. The third-order valence-electron chi connectivity index (χ3n) is 4.83. The molecule has 25 heavy (non-hydrogen) atoms. The molecule has 0 spiro atoms. The van der Waals surface area contributed by atoms with E-state index in [-0.39, 0.29) is 11.6 Å². The number of hydrogen-bond donors (Lipinski definition) is 0. The first-order valence-corrected chi connectivity index (χ1v) is 8.21. The molecule has 0 N–H and O–H groups in total. The normalized spacial score (nSPS) is 14.7. The Bertz CT molecular complexity index is 1010. The summed E-state index contributed by atoms with van der Waals surface area (Å²) in [7, 11) is 3.18. The average molecular weight is 342 g/mol. The number of rotatable bonds is 3. The molecule has 0 radical (unpaired) electrons. The minimum atomic E-state index is -0.358. The highest BCUT2D eigenvalue weighted by Gasteiger charge is 2.19. The maximum atomic E-state index is 14.0. The molecule has 2 aromatic carbocycles. The van der Waals surface area contributed by atoms with Gasteiger partial charge < -0.3 is 9.15 Å². The van der Waals surface area contributed by atoms with Crippen LogP contribution >= 0.6 is 0 Å². The van der Waals surface area contributed by atoms with Crippen LogP contribution in [0.1, 0.15) is 16.7 Å². The molecule has 3 aromatic rings. The van der Waals surface area contributed by atoms with Gasteiger partial charge in [0.15, 0.2) is 17.1 Å². The molecule has 6 heteroatoms. The van der Waals surface area contributed by atoms with Gasteiger partial charge in [-0.3, -0.25) is 9.47 Å². The van der Waals surface area contributed by atoms with Gasteiger partial charge in [0.1, 0.15) is 0 Å². The molecule has 0 atom stereocenters. The average Bonchev–Trinajstić information content (AvgIpc) is 2.88. The maximum Gasteiger partial charge on any atom is 0.419 e. The molecule has 4 rings (SSSR count). The molecular weight excluding hydrogens is 323 g/mol. The summed E-state index contributed by atoms with van der Waals surface area (Å²) < 4.78 is 25.8. The van der Waals surface area contributed by atoms with E-state index in [1.807, 2.05) is 18.2 Å². The highest BCUT2D eigenvalue weighted by Crippen LogP contribution is 2.27. The van der Waals surface area contributed by atoms with Gasteiger partial charge in [0.25, 0.3) is 0 Å². The summed E-state index contributed by atoms with van der Waals surface area (Å²) in [6, 6.07) is 9.17. The zero-order chi connectivity index (χ0) is 17.6. The molecule has 0 bridgehead atoms. The second-order valence-corrected chi connectivity index (χ2v) is 6.45. The summed E-state index contributed by atoms with van der Waals surface area (Å²) in [5.74, 6) is -0.379. The van der Waals surface area contributed by atoms with Gasteiger partial charge in [-0.05, 0) is 47.4 Å². The first kappa shape index (κ1) is 15.9. The zero-order valence-electron chi connectivity index (χ0n) is 14.2. The van der Waals surface area contributed by atoms with Crippen molar-refractivity contribution in [3.05, 3.63) is 63.4 Å². The van der Waals surface area contributed by atoms with Gasteiger partial charge in [-0.2, -0.15) is 0 Å². The number of fused-ring (bicyclic) bond motifs is 2. The summed E-state index contributed by atoms with van der Waals surface area (Å²) in [5.41, 5.74) is 4.58. The molecule has 0 unspecified atom stereocenters. The molecule has 0 amide bonds. The van der Waals surface area contributed by atoms with Gasteiger partial charge in [-0.1, -0.05) is 6.07 Å². The second kappa shape index (κ2) is 6.04. The number of aryl methyl sites for hydroxylation is 1. The minimum Gasteiger partial charge on any atom is -0.494 e. The Balaban J connectivity index is 1.56. The van der Waals surface area contributed by atoms with Gasteiger partial charge in [-0.15, -0.1) is 0 Å². The van der Waals surface area contributed by atoms with E-state index in [4.69, 9.17) is 9.15 Å². The first-order valence-electron chi connectivity index (χ1n) is 8.21. The van der Waals surface area contributed by atoms with E-state index in [9.17, 15) is 9.18 Å². The third kappa shape index (κ3) is 2.82. The molecular formula is C19H19FN2O3. The number of nitrogens with zero attached hydrogens (tertiary/aromatic N) is 2. The van der Waals surface area contributed by atoms with E-state index in [1.165, 1.54) is 11.7 Å². The van der Waals surface area contributed by atoms with Crippen LogP contribution in [0.15, 0.2) is 39.5 Å². The van der Waals surface area contributed by atoms with Gasteiger partial charge in [0.2, 0.25) is 0 Å². The van der Waals surface area contributed by atoms with Gasteiger partial charge in [0.05, 0.1) is 12.6 Å². The number of hydrogen-bond acceptors (Lipinski definition) is 4. The van der Waals surface area contributed by atoms with E-state index in [0.717, 1.165) is 41.7 Å². The van der Waals surface area contributed by atoms with Crippen molar-refractivity contribution in [3.63, 3.8) is 0 Å². The van der Waals surface area contributed by atoms with Crippen LogP contribution in [0.4, 0.5) is 4.39 Å². The Kier molecular flexibility index (Phi) is 3.84. The second-order valence-electron chi connectivity index (χ2n) is 6.45. The Morgan fingerprint density at radius 2 is 2.08 bits per heavy atom. The van der Waals surface area contributed by atoms with Crippen molar-refractivity contribution in [2.24, 2.45) is 7.05 Å². The fourth-order valence-electron chi connectivity index (χ4n) is 3.44. The SMILES string of the molecule is COc1cc2c(cc1F)CN(Cc1ccc3c(c1)oc(=O)n3C)CC2. The van der Waals surface area contributed by atoms with Crippen LogP contribution in [-0.2, 0) is 26.6 Å². The topological polar surface area (TPSA) is 47.6 Å². The highest BCUT2D eigenvalue weighted by atomic mass is 19.1. The van der Waals surface area contributed by atoms with Crippen LogP contribution in [0.3, 0.4) is 0 Å². The van der Waals surface area contributed by atoms with Crippen molar-refractivity contribution in [1.29, 1.82) is 0 Å². The number of methoxy groups -OCH3 is 1. The quantitative estimate of drug-likeness (QED) is 0.734. The number of oxazole rings is 1. The van der Waals surface area contributed by atoms with Crippen molar-refractivity contribution < 1.29 is 13.5 Å². The van der Waals surface area contributed by atoms with E-state index < -0.39 is 0 Å². The minimum absolute atomic E-state index is 0.303. The zero-order valence-corrected chi connectivity index (χ0v) is 14.2. The molecule has 2 heterocycles. The lowest BCUT2D eigenvalue weighted by molar-refractivity contribution is 0.244. The Morgan fingerprint density at radius 3 is 2.88 bits per heavy atom. The van der Waals surface area contributed by atoms with Gasteiger partial charge in [-0.25, -0.2) is 9.18 Å². The lowest BCUT2D eigenvalue weighted by Gasteiger charge is -2.29. The molecule has 5 nitrogen and oxygen atoms in total. The summed E-state index contributed by atoms with van der Waals surface area (Å²) in [5, 5.41) is 0. The first-order chi connectivity index (χ1) is 12.0. The fourth-order valence-corrected chi connectivity index (χ4v) is 3.44. The molecule has 130 valence electrons. The van der Waals surface area contributed by atoms with E-state index in [1.54, 1.807) is 19.2 Å². The van der Waals surface area contributed by atoms with Crippen LogP contribution in [0.25, 0.3) is 11.1 Å². The van der Waals surface area contributed by atoms with Crippen molar-refractivity contribution in [3.8, 4) is 5.75 Å².